The van der Waals surface area contributed by atoms with E-state index in [0.29, 0.717) is 24.6 Å². The van der Waals surface area contributed by atoms with Gasteiger partial charge in [-0.15, -0.1) is 0 Å². The highest BCUT2D eigenvalue weighted by atomic mass is 16.2. The molecule has 4 rings (SSSR count). The highest BCUT2D eigenvalue weighted by Crippen LogP contribution is 2.34. The van der Waals surface area contributed by atoms with Crippen LogP contribution in [0.25, 0.3) is 0 Å². The van der Waals surface area contributed by atoms with Crippen LogP contribution in [0.1, 0.15) is 45.8 Å². The highest BCUT2D eigenvalue weighted by molar-refractivity contribution is 5.95. The Morgan fingerprint density at radius 1 is 0.929 bits per heavy atom. The summed E-state index contributed by atoms with van der Waals surface area (Å²) in [5.74, 6) is 0.574. The van der Waals surface area contributed by atoms with Crippen molar-refractivity contribution in [3.05, 3.63) is 70.8 Å². The number of amides is 2. The summed E-state index contributed by atoms with van der Waals surface area (Å²) in [5.41, 5.74) is 4.15. The average molecular weight is 377 g/mol. The molecule has 1 saturated carbocycles. The number of likely N-dealkylation sites (tertiary alicyclic amines) is 1. The van der Waals surface area contributed by atoms with Crippen molar-refractivity contribution in [1.82, 2.24) is 10.2 Å². The Kier molecular flexibility index (Phi) is 5.21. The third kappa shape index (κ3) is 4.11. The first-order chi connectivity index (χ1) is 13.5. The predicted octanol–water partition coefficient (Wildman–Crippen LogP) is 3.69. The Morgan fingerprint density at radius 3 is 2.14 bits per heavy atom. The largest absolute Gasteiger partial charge is 0.356 e. The second kappa shape index (κ2) is 7.78. The van der Waals surface area contributed by atoms with Gasteiger partial charge in [-0.3, -0.25) is 9.59 Å². The van der Waals surface area contributed by atoms with Gasteiger partial charge in [0.25, 0.3) is 5.91 Å². The van der Waals surface area contributed by atoms with E-state index in [4.69, 9.17) is 0 Å². The van der Waals surface area contributed by atoms with Crippen LogP contribution in [0.2, 0.25) is 0 Å². The lowest BCUT2D eigenvalue weighted by Gasteiger charge is -2.18. The zero-order valence-corrected chi connectivity index (χ0v) is 16.7. The summed E-state index contributed by atoms with van der Waals surface area (Å²) in [5, 5.41) is 3.13. The van der Waals surface area contributed by atoms with E-state index >= 15 is 0 Å². The van der Waals surface area contributed by atoms with Crippen molar-refractivity contribution in [2.75, 3.05) is 19.6 Å². The van der Waals surface area contributed by atoms with Crippen molar-refractivity contribution < 1.29 is 9.59 Å². The number of hydrogen-bond acceptors (Lipinski definition) is 2. The maximum atomic E-state index is 13.0. The molecule has 0 spiro atoms. The minimum absolute atomic E-state index is 0.00889. The molecule has 2 atom stereocenters. The molecule has 4 nitrogen and oxygen atoms in total. The molecule has 0 unspecified atom stereocenters. The number of nitrogens with zero attached hydrogens (tertiary/aromatic N) is 1. The quantitative estimate of drug-likeness (QED) is 0.865. The predicted molar refractivity (Wildman–Crippen MR) is 110 cm³/mol. The third-order valence-corrected chi connectivity index (χ3v) is 6.01. The topological polar surface area (TPSA) is 49.4 Å². The van der Waals surface area contributed by atoms with E-state index < -0.39 is 0 Å². The van der Waals surface area contributed by atoms with Crippen molar-refractivity contribution in [2.45, 2.75) is 32.6 Å². The second-order valence-electron chi connectivity index (χ2n) is 8.39. The summed E-state index contributed by atoms with van der Waals surface area (Å²) in [4.78, 5) is 27.8. The summed E-state index contributed by atoms with van der Waals surface area (Å²) in [6.07, 6.45) is 2.43. The Labute approximate surface area is 166 Å². The van der Waals surface area contributed by atoms with E-state index in [1.165, 1.54) is 18.4 Å². The maximum absolute atomic E-state index is 13.0. The molecule has 1 N–H and O–H groups in total. The third-order valence-electron chi connectivity index (χ3n) is 6.01. The van der Waals surface area contributed by atoms with Crippen LogP contribution in [-0.2, 0) is 4.79 Å². The van der Waals surface area contributed by atoms with E-state index in [1.54, 1.807) is 0 Å². The fourth-order valence-corrected chi connectivity index (χ4v) is 3.96. The van der Waals surface area contributed by atoms with Gasteiger partial charge in [0.1, 0.15) is 0 Å². The standard InChI is InChI=1S/C24H28N2O2/c1-16-3-9-19(10-4-16)21-14-26(24(28)20-11-5-17(2)6-12-20)15-22(21)23(27)25-13-18-7-8-18/h3-6,9-12,18,21-22H,7-8,13-15H2,1-2H3,(H,25,27)/t21-,22+/m0/s1. The van der Waals surface area contributed by atoms with Crippen LogP contribution in [0.15, 0.2) is 48.5 Å². The average Bonchev–Trinajstić information content (AvgIpc) is 3.43. The van der Waals surface area contributed by atoms with Crippen molar-refractivity contribution >= 4 is 11.8 Å². The van der Waals surface area contributed by atoms with Crippen molar-refractivity contribution in [2.24, 2.45) is 11.8 Å². The number of aryl methyl sites for hydroxylation is 2. The van der Waals surface area contributed by atoms with Crippen LogP contribution in [0, 0.1) is 25.7 Å². The van der Waals surface area contributed by atoms with Gasteiger partial charge in [0.05, 0.1) is 5.92 Å². The van der Waals surface area contributed by atoms with E-state index in [2.05, 4.69) is 36.5 Å². The van der Waals surface area contributed by atoms with Crippen LogP contribution in [0.5, 0.6) is 0 Å². The van der Waals surface area contributed by atoms with Crippen molar-refractivity contribution in [3.63, 3.8) is 0 Å². The minimum Gasteiger partial charge on any atom is -0.356 e. The van der Waals surface area contributed by atoms with Crippen LogP contribution >= 0.6 is 0 Å². The summed E-state index contributed by atoms with van der Waals surface area (Å²) in [6.45, 7) is 5.89. The van der Waals surface area contributed by atoms with E-state index in [9.17, 15) is 9.59 Å². The molecule has 2 aromatic rings. The molecule has 4 heteroatoms. The number of benzene rings is 2. The van der Waals surface area contributed by atoms with Gasteiger partial charge in [-0.1, -0.05) is 47.5 Å². The molecule has 0 bridgehead atoms. The number of rotatable bonds is 5. The molecular weight excluding hydrogens is 348 g/mol. The lowest BCUT2D eigenvalue weighted by molar-refractivity contribution is -0.125. The van der Waals surface area contributed by atoms with Gasteiger partial charge in [-0.2, -0.15) is 0 Å². The summed E-state index contributed by atoms with van der Waals surface area (Å²) in [6, 6.07) is 16.0. The van der Waals surface area contributed by atoms with Crippen LogP contribution in [0.3, 0.4) is 0 Å². The molecule has 2 fully saturated rings. The molecule has 2 aliphatic rings. The van der Waals surface area contributed by atoms with E-state index in [-0.39, 0.29) is 23.7 Å². The molecule has 0 aromatic heterocycles. The molecule has 28 heavy (non-hydrogen) atoms. The molecule has 146 valence electrons. The van der Waals surface area contributed by atoms with Crippen molar-refractivity contribution in [3.8, 4) is 0 Å². The Hall–Kier alpha value is -2.62. The second-order valence-corrected chi connectivity index (χ2v) is 8.39. The van der Waals surface area contributed by atoms with Crippen LogP contribution in [0.4, 0.5) is 0 Å². The fraction of sp³-hybridized carbons (Fsp3) is 0.417. The van der Waals surface area contributed by atoms with Crippen LogP contribution < -0.4 is 5.32 Å². The first-order valence-corrected chi connectivity index (χ1v) is 10.2. The highest BCUT2D eigenvalue weighted by Gasteiger charge is 2.40. The lowest BCUT2D eigenvalue weighted by atomic mass is 9.88. The Bertz CT molecular complexity index is 853. The molecule has 1 saturated heterocycles. The number of carbonyl (C=O) groups excluding carboxylic acids is 2. The molecule has 2 amide bonds. The van der Waals surface area contributed by atoms with Gasteiger partial charge in [0.2, 0.25) is 5.91 Å². The zero-order chi connectivity index (χ0) is 19.7. The normalized spacial score (nSPS) is 21.6. The van der Waals surface area contributed by atoms with Gasteiger partial charge < -0.3 is 10.2 Å². The first kappa shape index (κ1) is 18.7. The van der Waals surface area contributed by atoms with Gasteiger partial charge in [0.15, 0.2) is 0 Å². The van der Waals surface area contributed by atoms with Crippen molar-refractivity contribution in [1.29, 1.82) is 0 Å². The monoisotopic (exact) mass is 376 g/mol. The summed E-state index contributed by atoms with van der Waals surface area (Å²) in [7, 11) is 0. The molecular formula is C24H28N2O2. The van der Waals surface area contributed by atoms with Gasteiger partial charge in [0, 0.05) is 31.1 Å². The minimum atomic E-state index is -0.198. The lowest BCUT2D eigenvalue weighted by Crippen LogP contribution is -2.36. The van der Waals surface area contributed by atoms with E-state index in [0.717, 1.165) is 17.7 Å². The first-order valence-electron chi connectivity index (χ1n) is 10.2. The summed E-state index contributed by atoms with van der Waals surface area (Å²) < 4.78 is 0. The number of nitrogens with one attached hydrogen (secondary N) is 1. The smallest absolute Gasteiger partial charge is 0.253 e. The van der Waals surface area contributed by atoms with Gasteiger partial charge in [-0.25, -0.2) is 0 Å². The van der Waals surface area contributed by atoms with E-state index in [1.807, 2.05) is 36.1 Å². The Balaban J connectivity index is 1.54. The number of hydrogen-bond donors (Lipinski definition) is 1. The SMILES string of the molecule is Cc1ccc(C(=O)N2C[C@@H](C(=O)NCC3CC3)[C@H](c3ccc(C)cc3)C2)cc1. The maximum Gasteiger partial charge on any atom is 0.253 e. The van der Waals surface area contributed by atoms with Gasteiger partial charge in [-0.05, 0) is 50.3 Å². The van der Waals surface area contributed by atoms with Crippen LogP contribution in [-0.4, -0.2) is 36.3 Å². The number of carbonyl (C=O) groups is 2. The summed E-state index contributed by atoms with van der Waals surface area (Å²) >= 11 is 0. The zero-order valence-electron chi connectivity index (χ0n) is 16.7. The van der Waals surface area contributed by atoms with Gasteiger partial charge >= 0.3 is 0 Å². The fourth-order valence-electron chi connectivity index (χ4n) is 3.96. The molecule has 0 radical (unpaired) electrons. The molecule has 1 aliphatic heterocycles. The molecule has 1 aliphatic carbocycles. The molecule has 2 aromatic carbocycles. The Morgan fingerprint density at radius 2 is 1.54 bits per heavy atom. The molecule has 1 heterocycles.